The van der Waals surface area contributed by atoms with Crippen molar-refractivity contribution in [3.63, 3.8) is 0 Å². The fourth-order valence-corrected chi connectivity index (χ4v) is 3.23. The van der Waals surface area contributed by atoms with Gasteiger partial charge in [-0.2, -0.15) is 0 Å². The van der Waals surface area contributed by atoms with E-state index >= 15 is 0 Å². The summed E-state index contributed by atoms with van der Waals surface area (Å²) in [5.41, 5.74) is 0. The predicted octanol–water partition coefficient (Wildman–Crippen LogP) is 6.33. The molecule has 0 saturated heterocycles. The molecule has 2 atom stereocenters. The number of aliphatic hydroxyl groups is 1. The Balaban J connectivity index is 3.20. The average Bonchev–Trinajstić information content (AvgIpc) is 2.69. The van der Waals surface area contributed by atoms with Crippen molar-refractivity contribution in [3.8, 4) is 0 Å². The fraction of sp³-hybridized carbons (Fsp3) is 0.957. The summed E-state index contributed by atoms with van der Waals surface area (Å²) in [5, 5.41) is 12.2. The monoisotopic (exact) mass is 401 g/mol. The van der Waals surface area contributed by atoms with Gasteiger partial charge in [-0.15, -0.1) is 0 Å². The summed E-state index contributed by atoms with van der Waals surface area (Å²) in [6.45, 7) is 4.51. The Labute approximate surface area is 174 Å². The first-order valence-electron chi connectivity index (χ1n) is 11.8. The Morgan fingerprint density at radius 3 is 1.57 bits per heavy atom. The summed E-state index contributed by atoms with van der Waals surface area (Å²) in [5.74, 6) is 0. The van der Waals surface area contributed by atoms with Crippen molar-refractivity contribution in [1.82, 2.24) is 5.32 Å². The lowest BCUT2D eigenvalue weighted by molar-refractivity contribution is -0.129. The second kappa shape index (κ2) is 20.9. The predicted molar refractivity (Wildman–Crippen MR) is 117 cm³/mol. The standard InChI is InChI=1S/C23H47NO4/c1-4-5-6-7-8-9-10-11-12-13-14-15-16-17-18-19-20-24-23(26)28-22(25)21(2)27-3/h21-22,25H,4-20H2,1-3H3,(H,24,26). The molecule has 0 radical (unpaired) electrons. The minimum Gasteiger partial charge on any atom is -0.417 e. The summed E-state index contributed by atoms with van der Waals surface area (Å²) in [4.78, 5) is 11.5. The van der Waals surface area contributed by atoms with Gasteiger partial charge in [-0.25, -0.2) is 4.79 Å². The smallest absolute Gasteiger partial charge is 0.409 e. The van der Waals surface area contributed by atoms with Gasteiger partial charge in [-0.1, -0.05) is 103 Å². The van der Waals surface area contributed by atoms with Gasteiger partial charge in [0.15, 0.2) is 0 Å². The number of aliphatic hydroxyl groups excluding tert-OH is 1. The average molecular weight is 402 g/mol. The molecule has 0 fully saturated rings. The number of methoxy groups -OCH3 is 1. The van der Waals surface area contributed by atoms with Crippen LogP contribution in [0.15, 0.2) is 0 Å². The molecule has 0 saturated carbocycles. The van der Waals surface area contributed by atoms with E-state index in [1.807, 2.05) is 0 Å². The number of nitrogens with one attached hydrogen (secondary N) is 1. The van der Waals surface area contributed by atoms with Crippen LogP contribution in [0.4, 0.5) is 4.79 Å². The third-order valence-electron chi connectivity index (χ3n) is 5.30. The van der Waals surface area contributed by atoms with E-state index in [0.717, 1.165) is 12.8 Å². The van der Waals surface area contributed by atoms with E-state index < -0.39 is 18.5 Å². The summed E-state index contributed by atoms with van der Waals surface area (Å²) in [6, 6.07) is 0. The maximum absolute atomic E-state index is 11.5. The van der Waals surface area contributed by atoms with Crippen LogP contribution in [0.5, 0.6) is 0 Å². The highest BCUT2D eigenvalue weighted by Crippen LogP contribution is 2.13. The lowest BCUT2D eigenvalue weighted by atomic mass is 10.0. The first-order chi connectivity index (χ1) is 13.6. The Morgan fingerprint density at radius 1 is 0.786 bits per heavy atom. The van der Waals surface area contributed by atoms with Gasteiger partial charge in [-0.3, -0.25) is 0 Å². The molecule has 2 N–H and O–H groups in total. The zero-order chi connectivity index (χ0) is 20.9. The molecule has 168 valence electrons. The molecule has 0 aliphatic carbocycles. The molecular weight excluding hydrogens is 354 g/mol. The van der Waals surface area contributed by atoms with Crippen LogP contribution < -0.4 is 5.32 Å². The molecule has 0 rings (SSSR count). The lowest BCUT2D eigenvalue weighted by Gasteiger charge is -2.17. The second-order valence-electron chi connectivity index (χ2n) is 7.97. The number of hydrogen-bond donors (Lipinski definition) is 2. The first kappa shape index (κ1) is 27.2. The van der Waals surface area contributed by atoms with Crippen LogP contribution in [0.25, 0.3) is 0 Å². The van der Waals surface area contributed by atoms with E-state index in [9.17, 15) is 9.90 Å². The molecule has 0 bridgehead atoms. The van der Waals surface area contributed by atoms with E-state index in [-0.39, 0.29) is 0 Å². The van der Waals surface area contributed by atoms with Gasteiger partial charge in [0.1, 0.15) is 6.10 Å². The van der Waals surface area contributed by atoms with Gasteiger partial charge in [0, 0.05) is 13.7 Å². The van der Waals surface area contributed by atoms with Crippen molar-refractivity contribution in [2.24, 2.45) is 0 Å². The van der Waals surface area contributed by atoms with Crippen molar-refractivity contribution in [3.05, 3.63) is 0 Å². The van der Waals surface area contributed by atoms with Crippen LogP contribution in [-0.2, 0) is 9.47 Å². The van der Waals surface area contributed by atoms with Crippen LogP contribution in [0.3, 0.4) is 0 Å². The first-order valence-corrected chi connectivity index (χ1v) is 11.8. The van der Waals surface area contributed by atoms with Crippen molar-refractivity contribution in [1.29, 1.82) is 0 Å². The molecule has 5 nitrogen and oxygen atoms in total. The van der Waals surface area contributed by atoms with Crippen LogP contribution in [-0.4, -0.2) is 37.2 Å². The zero-order valence-electron chi connectivity index (χ0n) is 18.8. The number of hydrogen-bond acceptors (Lipinski definition) is 4. The van der Waals surface area contributed by atoms with Crippen LogP contribution in [0.2, 0.25) is 0 Å². The molecule has 0 aromatic rings. The van der Waals surface area contributed by atoms with E-state index in [1.165, 1.54) is 97.0 Å². The third-order valence-corrected chi connectivity index (χ3v) is 5.30. The number of unbranched alkanes of at least 4 members (excludes halogenated alkanes) is 15. The molecule has 0 heterocycles. The summed E-state index contributed by atoms with van der Waals surface area (Å²) in [6.07, 6.45) is 19.0. The maximum Gasteiger partial charge on any atom is 0.409 e. The fourth-order valence-electron chi connectivity index (χ4n) is 3.23. The molecule has 0 spiro atoms. The number of alkyl carbamates (subject to hydrolysis) is 1. The highest BCUT2D eigenvalue weighted by molar-refractivity contribution is 5.67. The Hall–Kier alpha value is -0.810. The molecule has 0 aromatic carbocycles. The number of amides is 1. The van der Waals surface area contributed by atoms with Gasteiger partial charge in [-0.05, 0) is 13.3 Å². The van der Waals surface area contributed by atoms with Gasteiger partial charge < -0.3 is 19.9 Å². The van der Waals surface area contributed by atoms with Crippen molar-refractivity contribution >= 4 is 6.09 Å². The highest BCUT2D eigenvalue weighted by Gasteiger charge is 2.17. The van der Waals surface area contributed by atoms with Gasteiger partial charge in [0.25, 0.3) is 0 Å². The third kappa shape index (κ3) is 18.5. The Bertz CT molecular complexity index is 339. The SMILES string of the molecule is CCCCCCCCCCCCCCCCCCNC(=O)OC(O)C(C)OC. The Kier molecular flexibility index (Phi) is 20.3. The van der Waals surface area contributed by atoms with Crippen LogP contribution in [0, 0.1) is 0 Å². The van der Waals surface area contributed by atoms with E-state index in [1.54, 1.807) is 6.92 Å². The van der Waals surface area contributed by atoms with E-state index in [4.69, 9.17) is 9.47 Å². The molecule has 28 heavy (non-hydrogen) atoms. The molecule has 0 aliphatic heterocycles. The molecule has 0 aliphatic rings. The zero-order valence-corrected chi connectivity index (χ0v) is 18.8. The van der Waals surface area contributed by atoms with E-state index in [0.29, 0.717) is 6.54 Å². The quantitative estimate of drug-likeness (QED) is 0.185. The number of rotatable bonds is 20. The molecule has 2 unspecified atom stereocenters. The summed E-state index contributed by atoms with van der Waals surface area (Å²) in [7, 11) is 1.46. The van der Waals surface area contributed by atoms with Crippen LogP contribution >= 0.6 is 0 Å². The minimum absolute atomic E-state index is 0.527. The Morgan fingerprint density at radius 2 is 1.18 bits per heavy atom. The molecule has 5 heteroatoms. The number of ether oxygens (including phenoxy) is 2. The normalized spacial score (nSPS) is 13.3. The maximum atomic E-state index is 11.5. The number of carbonyl (C=O) groups is 1. The van der Waals surface area contributed by atoms with Crippen molar-refractivity contribution < 1.29 is 19.4 Å². The van der Waals surface area contributed by atoms with Crippen molar-refractivity contribution in [2.45, 2.75) is 129 Å². The second-order valence-corrected chi connectivity index (χ2v) is 7.97. The largest absolute Gasteiger partial charge is 0.417 e. The molecule has 1 amide bonds. The lowest BCUT2D eigenvalue weighted by Crippen LogP contribution is -2.35. The summed E-state index contributed by atoms with van der Waals surface area (Å²) < 4.78 is 9.71. The van der Waals surface area contributed by atoms with Crippen LogP contribution in [0.1, 0.15) is 117 Å². The van der Waals surface area contributed by atoms with Gasteiger partial charge in [0.2, 0.25) is 6.29 Å². The van der Waals surface area contributed by atoms with Gasteiger partial charge >= 0.3 is 6.09 Å². The minimum atomic E-state index is -1.23. The highest BCUT2D eigenvalue weighted by atomic mass is 16.7. The number of carbonyl (C=O) groups excluding carboxylic acids is 1. The molecule has 0 aromatic heterocycles. The van der Waals surface area contributed by atoms with Gasteiger partial charge in [0.05, 0.1) is 0 Å². The van der Waals surface area contributed by atoms with Crippen molar-refractivity contribution in [2.75, 3.05) is 13.7 Å². The molecular formula is C23H47NO4. The topological polar surface area (TPSA) is 67.8 Å². The summed E-state index contributed by atoms with van der Waals surface area (Å²) >= 11 is 0. The van der Waals surface area contributed by atoms with E-state index in [2.05, 4.69) is 12.2 Å².